The van der Waals surface area contributed by atoms with Gasteiger partial charge in [-0.2, -0.15) is 5.26 Å². The van der Waals surface area contributed by atoms with Crippen molar-refractivity contribution in [1.29, 1.82) is 5.26 Å². The summed E-state index contributed by atoms with van der Waals surface area (Å²) >= 11 is 0. The van der Waals surface area contributed by atoms with E-state index in [9.17, 15) is 0 Å². The monoisotopic (exact) mass is 295 g/mol. The van der Waals surface area contributed by atoms with Crippen LogP contribution in [0.5, 0.6) is 0 Å². The molecule has 1 aliphatic carbocycles. The first-order valence-electron chi connectivity index (χ1n) is 8.11. The lowest BCUT2D eigenvalue weighted by molar-refractivity contribution is -0.00220. The van der Waals surface area contributed by atoms with Crippen molar-refractivity contribution in [3.8, 4) is 6.07 Å². The molecule has 0 aliphatic heterocycles. The van der Waals surface area contributed by atoms with Gasteiger partial charge in [-0.3, -0.25) is 0 Å². The third-order valence-electron chi connectivity index (χ3n) is 4.78. The Morgan fingerprint density at radius 1 is 1.23 bits per heavy atom. The number of nitrogens with zero attached hydrogens (tertiary/aromatic N) is 1. The highest BCUT2D eigenvalue weighted by molar-refractivity contribution is 5.26. The number of allylic oxidation sites excluding steroid dienone is 3. The largest absolute Gasteiger partial charge is 0.374 e. The van der Waals surface area contributed by atoms with Gasteiger partial charge in [0, 0.05) is 13.2 Å². The van der Waals surface area contributed by atoms with Crippen LogP contribution in [0.2, 0.25) is 0 Å². The quantitative estimate of drug-likeness (QED) is 0.570. The van der Waals surface area contributed by atoms with Crippen LogP contribution < -0.4 is 0 Å². The van der Waals surface area contributed by atoms with E-state index in [2.05, 4.69) is 37.3 Å². The number of nitriles is 1. The molecule has 0 bridgehead atoms. The van der Waals surface area contributed by atoms with Crippen LogP contribution in [0.4, 0.5) is 0 Å². The number of aryl methyl sites for hydroxylation is 1. The molecule has 1 aliphatic rings. The van der Waals surface area contributed by atoms with E-state index in [4.69, 9.17) is 10.00 Å². The first-order chi connectivity index (χ1) is 10.7. The summed E-state index contributed by atoms with van der Waals surface area (Å²) in [5.41, 5.74) is 2.69. The van der Waals surface area contributed by atoms with Crippen molar-refractivity contribution in [2.75, 3.05) is 7.11 Å². The van der Waals surface area contributed by atoms with E-state index in [1.165, 1.54) is 17.2 Å². The summed E-state index contributed by atoms with van der Waals surface area (Å²) in [5, 5.41) is 8.52. The predicted octanol–water partition coefficient (Wildman–Crippen LogP) is 4.93. The molecule has 1 aromatic carbocycles. The third kappa shape index (κ3) is 4.08. The average molecular weight is 295 g/mol. The molecule has 1 fully saturated rings. The Morgan fingerprint density at radius 2 is 1.91 bits per heavy atom. The molecule has 0 unspecified atom stereocenters. The highest BCUT2D eigenvalue weighted by atomic mass is 16.5. The summed E-state index contributed by atoms with van der Waals surface area (Å²) < 4.78 is 5.78. The number of ether oxygens (including phenoxy) is 1. The Balaban J connectivity index is 1.99. The minimum atomic E-state index is -0.167. The van der Waals surface area contributed by atoms with E-state index in [1.54, 1.807) is 13.2 Å². The van der Waals surface area contributed by atoms with E-state index in [0.717, 1.165) is 32.1 Å². The van der Waals surface area contributed by atoms with Gasteiger partial charge in [0.05, 0.1) is 11.7 Å². The fraction of sp³-hybridized carbons (Fsp3) is 0.450. The van der Waals surface area contributed by atoms with E-state index >= 15 is 0 Å². The van der Waals surface area contributed by atoms with Crippen LogP contribution in [-0.2, 0) is 11.2 Å². The highest BCUT2D eigenvalue weighted by Crippen LogP contribution is 2.40. The van der Waals surface area contributed by atoms with Crippen molar-refractivity contribution in [2.24, 2.45) is 0 Å². The Morgan fingerprint density at radius 3 is 2.45 bits per heavy atom. The van der Waals surface area contributed by atoms with Crippen molar-refractivity contribution < 1.29 is 4.74 Å². The molecule has 0 radical (unpaired) electrons. The van der Waals surface area contributed by atoms with E-state index in [1.807, 2.05) is 12.1 Å². The van der Waals surface area contributed by atoms with Gasteiger partial charge in [0.1, 0.15) is 0 Å². The lowest BCUT2D eigenvalue weighted by atomic mass is 9.75. The van der Waals surface area contributed by atoms with E-state index in [0.29, 0.717) is 5.92 Å². The van der Waals surface area contributed by atoms with Gasteiger partial charge in [-0.1, -0.05) is 49.4 Å². The van der Waals surface area contributed by atoms with Gasteiger partial charge in [0.25, 0.3) is 0 Å². The summed E-state index contributed by atoms with van der Waals surface area (Å²) in [5.74, 6) is 0.636. The van der Waals surface area contributed by atoms with E-state index in [-0.39, 0.29) is 5.60 Å². The Kier molecular flexibility index (Phi) is 5.98. The predicted molar refractivity (Wildman–Crippen MR) is 90.7 cm³/mol. The number of hydrogen-bond donors (Lipinski definition) is 0. The summed E-state index contributed by atoms with van der Waals surface area (Å²) in [6, 6.07) is 11.1. The van der Waals surface area contributed by atoms with Crippen molar-refractivity contribution in [3.05, 3.63) is 59.7 Å². The highest BCUT2D eigenvalue weighted by Gasteiger charge is 2.33. The molecule has 1 saturated carbocycles. The van der Waals surface area contributed by atoms with Crippen LogP contribution in [0, 0.1) is 11.3 Å². The molecule has 116 valence electrons. The molecule has 0 saturated heterocycles. The zero-order chi connectivity index (χ0) is 15.8. The Labute approximate surface area is 134 Å². The molecule has 1 aromatic rings. The molecular weight excluding hydrogens is 270 g/mol. The number of hydrogen-bond acceptors (Lipinski definition) is 2. The normalized spacial score (nSPS) is 25.6. The summed E-state index contributed by atoms with van der Waals surface area (Å²) in [4.78, 5) is 0. The molecule has 0 aromatic heterocycles. The van der Waals surface area contributed by atoms with Crippen molar-refractivity contribution in [1.82, 2.24) is 0 Å². The van der Waals surface area contributed by atoms with Gasteiger partial charge in [-0.05, 0) is 49.1 Å². The molecule has 0 atom stereocenters. The topological polar surface area (TPSA) is 33.0 Å². The molecule has 2 heteroatoms. The first-order valence-corrected chi connectivity index (χ1v) is 8.11. The van der Waals surface area contributed by atoms with E-state index < -0.39 is 0 Å². The fourth-order valence-electron chi connectivity index (χ4n) is 3.23. The lowest BCUT2D eigenvalue weighted by Crippen LogP contribution is -2.33. The van der Waals surface area contributed by atoms with Gasteiger partial charge < -0.3 is 4.74 Å². The fourth-order valence-corrected chi connectivity index (χ4v) is 3.23. The average Bonchev–Trinajstić information content (AvgIpc) is 2.59. The summed E-state index contributed by atoms with van der Waals surface area (Å²) in [6.45, 7) is 2.19. The molecule has 0 heterocycles. The maximum absolute atomic E-state index is 8.52. The number of methoxy groups -OCH3 is 1. The second kappa shape index (κ2) is 7.96. The smallest absolute Gasteiger partial charge is 0.0912 e. The first kappa shape index (κ1) is 16.5. The molecule has 0 amide bonds. The standard InChI is InChI=1S/C20H25NO/c1-3-17-7-9-18(10-8-17)19-11-14-20(22-2,15-12-19)13-5-4-6-16-21/h4-10,13,19H,3,11-12,14-15H2,1-2H3. The van der Waals surface area contributed by atoms with Gasteiger partial charge in [-0.15, -0.1) is 0 Å². The minimum Gasteiger partial charge on any atom is -0.374 e. The van der Waals surface area contributed by atoms with Crippen molar-refractivity contribution >= 4 is 0 Å². The Bertz CT molecular complexity index is 554. The molecule has 2 nitrogen and oxygen atoms in total. The molecule has 0 spiro atoms. The van der Waals surface area contributed by atoms with Crippen LogP contribution in [0.3, 0.4) is 0 Å². The molecule has 0 N–H and O–H groups in total. The second-order valence-electron chi connectivity index (χ2n) is 5.99. The maximum atomic E-state index is 8.52. The third-order valence-corrected chi connectivity index (χ3v) is 4.78. The minimum absolute atomic E-state index is 0.167. The molecule has 22 heavy (non-hydrogen) atoms. The van der Waals surface area contributed by atoms with Gasteiger partial charge in [0.2, 0.25) is 0 Å². The zero-order valence-corrected chi connectivity index (χ0v) is 13.6. The van der Waals surface area contributed by atoms with Crippen molar-refractivity contribution in [3.63, 3.8) is 0 Å². The van der Waals surface area contributed by atoms with Gasteiger partial charge in [0.15, 0.2) is 0 Å². The van der Waals surface area contributed by atoms with Crippen LogP contribution >= 0.6 is 0 Å². The number of benzene rings is 1. The van der Waals surface area contributed by atoms with Crippen LogP contribution in [0.1, 0.15) is 49.7 Å². The van der Waals surface area contributed by atoms with Crippen LogP contribution in [0.25, 0.3) is 0 Å². The van der Waals surface area contributed by atoms with Crippen LogP contribution in [-0.4, -0.2) is 12.7 Å². The SMILES string of the molecule is CCc1ccc(C2CCC(C=CC=CC#N)(OC)CC2)cc1. The lowest BCUT2D eigenvalue weighted by Gasteiger charge is -2.37. The summed E-state index contributed by atoms with van der Waals surface area (Å²) in [7, 11) is 1.79. The number of rotatable bonds is 5. The summed E-state index contributed by atoms with van der Waals surface area (Å²) in [6.07, 6.45) is 12.7. The Hall–Kier alpha value is -1.85. The van der Waals surface area contributed by atoms with Gasteiger partial charge in [-0.25, -0.2) is 0 Å². The second-order valence-corrected chi connectivity index (χ2v) is 5.99. The van der Waals surface area contributed by atoms with Crippen molar-refractivity contribution in [2.45, 2.75) is 50.5 Å². The zero-order valence-electron chi connectivity index (χ0n) is 13.6. The van der Waals surface area contributed by atoms with Crippen LogP contribution in [0.15, 0.2) is 48.6 Å². The van der Waals surface area contributed by atoms with Gasteiger partial charge >= 0.3 is 0 Å². The molecule has 2 rings (SSSR count). The molecular formula is C20H25NO. The maximum Gasteiger partial charge on any atom is 0.0912 e.